The zero-order chi connectivity index (χ0) is 19.0. The molecule has 2 fully saturated rings. The van der Waals surface area contributed by atoms with E-state index in [0.717, 1.165) is 52.1 Å². The summed E-state index contributed by atoms with van der Waals surface area (Å²) in [5.74, 6) is 0.237. The number of hydrogen-bond donors (Lipinski definition) is 1. The van der Waals surface area contributed by atoms with Crippen LogP contribution in [0.1, 0.15) is 63.9 Å². The van der Waals surface area contributed by atoms with E-state index in [1.807, 2.05) is 18.5 Å². The lowest BCUT2D eigenvalue weighted by Gasteiger charge is -2.46. The largest absolute Gasteiger partial charge is 0.355 e. The van der Waals surface area contributed by atoms with Crippen LogP contribution in [0.5, 0.6) is 0 Å². The molecule has 1 saturated carbocycles. The highest BCUT2D eigenvalue weighted by Gasteiger charge is 2.39. The molecule has 1 spiro atoms. The Morgan fingerprint density at radius 2 is 2.00 bits per heavy atom. The smallest absolute Gasteiger partial charge is 0.221 e. The fraction of sp³-hybridized carbons (Fsp3) is 0.727. The first-order chi connectivity index (χ1) is 13.2. The van der Waals surface area contributed by atoms with Crippen molar-refractivity contribution in [3.8, 4) is 0 Å². The summed E-state index contributed by atoms with van der Waals surface area (Å²) in [6, 6.07) is 4.14. The minimum absolute atomic E-state index is 0.0941. The number of rotatable bonds is 4. The molecule has 150 valence electrons. The van der Waals surface area contributed by atoms with Crippen molar-refractivity contribution in [2.24, 2.45) is 0 Å². The molecule has 1 aromatic rings. The van der Waals surface area contributed by atoms with Crippen LogP contribution in [0.4, 0.5) is 0 Å². The second kappa shape index (κ2) is 10.2. The highest BCUT2D eigenvalue weighted by atomic mass is 16.1. The minimum atomic E-state index is 0.0941. The number of hydrogen-bond acceptors (Lipinski definition) is 4. The van der Waals surface area contributed by atoms with Crippen molar-refractivity contribution >= 4 is 5.91 Å². The van der Waals surface area contributed by atoms with Crippen molar-refractivity contribution < 1.29 is 4.79 Å². The molecule has 1 aliphatic carbocycles. The Morgan fingerprint density at radius 3 is 2.74 bits per heavy atom. The molecule has 5 heteroatoms. The molecule has 0 radical (unpaired) electrons. The van der Waals surface area contributed by atoms with E-state index in [1.165, 1.54) is 37.7 Å². The quantitative estimate of drug-likeness (QED) is 0.882. The van der Waals surface area contributed by atoms with E-state index in [4.69, 9.17) is 0 Å². The van der Waals surface area contributed by atoms with Crippen molar-refractivity contribution in [3.63, 3.8) is 0 Å². The van der Waals surface area contributed by atoms with E-state index < -0.39 is 0 Å². The average Bonchev–Trinajstić information content (AvgIpc) is 2.70. The van der Waals surface area contributed by atoms with Crippen LogP contribution < -0.4 is 5.32 Å². The molecule has 0 aromatic carbocycles. The van der Waals surface area contributed by atoms with Gasteiger partial charge in [0.05, 0.1) is 0 Å². The van der Waals surface area contributed by atoms with Gasteiger partial charge in [0.1, 0.15) is 0 Å². The summed E-state index contributed by atoms with van der Waals surface area (Å²) in [5.41, 5.74) is 1.34. The Morgan fingerprint density at radius 1 is 1.15 bits per heavy atom. The number of amides is 1. The summed E-state index contributed by atoms with van der Waals surface area (Å²) in [6.07, 6.45) is 13.0. The third-order valence-corrected chi connectivity index (χ3v) is 6.22. The summed E-state index contributed by atoms with van der Waals surface area (Å²) < 4.78 is 0. The van der Waals surface area contributed by atoms with Gasteiger partial charge in [0, 0.05) is 44.0 Å². The van der Waals surface area contributed by atoms with Gasteiger partial charge in [-0.2, -0.15) is 0 Å². The first kappa shape index (κ1) is 20.3. The van der Waals surface area contributed by atoms with Gasteiger partial charge in [0.25, 0.3) is 0 Å². The summed E-state index contributed by atoms with van der Waals surface area (Å²) in [4.78, 5) is 22.1. The molecular formula is C22H36N4O. The topological polar surface area (TPSA) is 48.5 Å². The molecule has 1 aromatic heterocycles. The maximum Gasteiger partial charge on any atom is 0.221 e. The van der Waals surface area contributed by atoms with Gasteiger partial charge in [-0.1, -0.05) is 32.3 Å². The van der Waals surface area contributed by atoms with Crippen molar-refractivity contribution in [3.05, 3.63) is 30.1 Å². The Bertz CT molecular complexity index is 571. The summed E-state index contributed by atoms with van der Waals surface area (Å²) in [6.45, 7) is 8.09. The third kappa shape index (κ3) is 5.76. The molecular weight excluding hydrogens is 336 g/mol. The molecule has 5 nitrogen and oxygen atoms in total. The monoisotopic (exact) mass is 372 g/mol. The van der Waals surface area contributed by atoms with Crippen LogP contribution in [-0.4, -0.2) is 59.0 Å². The van der Waals surface area contributed by atoms with Crippen molar-refractivity contribution in [1.29, 1.82) is 0 Å². The van der Waals surface area contributed by atoms with Crippen LogP contribution in [-0.2, 0) is 11.3 Å². The van der Waals surface area contributed by atoms with E-state index in [-0.39, 0.29) is 11.4 Å². The van der Waals surface area contributed by atoms with Gasteiger partial charge in [-0.25, -0.2) is 0 Å². The van der Waals surface area contributed by atoms with Crippen LogP contribution in [0.2, 0.25) is 0 Å². The number of nitrogens with one attached hydrogen (secondary N) is 1. The standard InChI is InChI=1S/C22H36N4O/c1-2-13-26-15-7-14-25(19-20-8-6-11-23-18-20)16-12-24-21(27)17-22(26)9-4-3-5-10-22/h6,8,11,18H,2-5,7,9-10,12-17,19H2,1H3,(H,24,27). The number of carbonyl (C=O) groups is 1. The molecule has 2 heterocycles. The first-order valence-electron chi connectivity index (χ1n) is 10.8. The zero-order valence-electron chi connectivity index (χ0n) is 17.0. The lowest BCUT2D eigenvalue weighted by atomic mass is 9.77. The second-order valence-corrected chi connectivity index (χ2v) is 8.29. The van der Waals surface area contributed by atoms with Crippen LogP contribution in [0.3, 0.4) is 0 Å². The van der Waals surface area contributed by atoms with Gasteiger partial charge in [-0.05, 0) is 56.9 Å². The number of carbonyl (C=O) groups excluding carboxylic acids is 1. The molecule has 2 aliphatic rings. The Kier molecular flexibility index (Phi) is 7.65. The SMILES string of the molecule is CCCN1CCCN(Cc2cccnc2)CCNC(=O)CC12CCCCC2. The normalized spacial score (nSPS) is 22.9. The third-order valence-electron chi connectivity index (χ3n) is 6.22. The molecule has 1 saturated heterocycles. The minimum Gasteiger partial charge on any atom is -0.355 e. The molecule has 1 aliphatic heterocycles. The molecule has 1 N–H and O–H groups in total. The van der Waals surface area contributed by atoms with E-state index in [2.05, 4.69) is 33.1 Å². The van der Waals surface area contributed by atoms with Crippen molar-refractivity contribution in [1.82, 2.24) is 20.1 Å². The van der Waals surface area contributed by atoms with Crippen LogP contribution in [0, 0.1) is 0 Å². The van der Waals surface area contributed by atoms with Gasteiger partial charge in [0.15, 0.2) is 0 Å². The zero-order valence-corrected chi connectivity index (χ0v) is 17.0. The molecule has 0 unspecified atom stereocenters. The number of nitrogens with zero attached hydrogens (tertiary/aromatic N) is 3. The average molecular weight is 373 g/mol. The van der Waals surface area contributed by atoms with Crippen LogP contribution >= 0.6 is 0 Å². The fourth-order valence-corrected chi connectivity index (χ4v) is 4.89. The summed E-state index contributed by atoms with van der Waals surface area (Å²) >= 11 is 0. The Hall–Kier alpha value is -1.46. The summed E-state index contributed by atoms with van der Waals surface area (Å²) in [7, 11) is 0. The Balaban J connectivity index is 1.70. The molecule has 0 atom stereocenters. The fourth-order valence-electron chi connectivity index (χ4n) is 4.89. The van der Waals surface area contributed by atoms with Crippen LogP contribution in [0.15, 0.2) is 24.5 Å². The number of pyridine rings is 1. The van der Waals surface area contributed by atoms with Gasteiger partial charge in [-0.3, -0.25) is 19.6 Å². The van der Waals surface area contributed by atoms with E-state index >= 15 is 0 Å². The molecule has 3 rings (SSSR count). The molecule has 0 bridgehead atoms. The number of aromatic nitrogens is 1. The first-order valence-corrected chi connectivity index (χ1v) is 10.8. The molecule has 1 amide bonds. The Labute approximate surface area is 164 Å². The highest BCUT2D eigenvalue weighted by Crippen LogP contribution is 2.37. The predicted molar refractivity (Wildman–Crippen MR) is 109 cm³/mol. The van der Waals surface area contributed by atoms with E-state index in [0.29, 0.717) is 6.42 Å². The van der Waals surface area contributed by atoms with Gasteiger partial charge in [-0.15, -0.1) is 0 Å². The maximum atomic E-state index is 12.7. The van der Waals surface area contributed by atoms with E-state index in [1.54, 1.807) is 0 Å². The van der Waals surface area contributed by atoms with Gasteiger partial charge < -0.3 is 5.32 Å². The molecule has 27 heavy (non-hydrogen) atoms. The maximum absolute atomic E-state index is 12.7. The lowest BCUT2D eigenvalue weighted by molar-refractivity contribution is -0.125. The second-order valence-electron chi connectivity index (χ2n) is 8.29. The summed E-state index contributed by atoms with van der Waals surface area (Å²) in [5, 5.41) is 3.21. The van der Waals surface area contributed by atoms with E-state index in [9.17, 15) is 4.79 Å². The predicted octanol–water partition coefficient (Wildman–Crippen LogP) is 3.21. The lowest BCUT2D eigenvalue weighted by Crippen LogP contribution is -2.53. The van der Waals surface area contributed by atoms with Crippen molar-refractivity contribution in [2.45, 2.75) is 70.4 Å². The highest BCUT2D eigenvalue weighted by molar-refractivity contribution is 5.77. The van der Waals surface area contributed by atoms with Crippen LogP contribution in [0.25, 0.3) is 0 Å². The van der Waals surface area contributed by atoms with Gasteiger partial charge in [0.2, 0.25) is 5.91 Å². The van der Waals surface area contributed by atoms with Gasteiger partial charge >= 0.3 is 0 Å². The van der Waals surface area contributed by atoms with Crippen molar-refractivity contribution in [2.75, 3.05) is 32.7 Å².